The highest BCUT2D eigenvalue weighted by molar-refractivity contribution is 5.04. The quantitative estimate of drug-likeness (QED) is 0.470. The van der Waals surface area contributed by atoms with Crippen LogP contribution >= 0.6 is 0 Å². The molecule has 0 fully saturated rings. The highest BCUT2D eigenvalue weighted by Crippen LogP contribution is 1.92. The molecule has 0 bridgehead atoms. The van der Waals surface area contributed by atoms with Crippen molar-refractivity contribution in [1.29, 1.82) is 0 Å². The van der Waals surface area contributed by atoms with E-state index in [1.54, 1.807) is 0 Å². The van der Waals surface area contributed by atoms with E-state index < -0.39 is 5.56 Å². The van der Waals surface area contributed by atoms with Crippen molar-refractivity contribution in [3.05, 3.63) is 16.6 Å². The molecule has 0 aliphatic heterocycles. The minimum absolute atomic E-state index is 0.389. The number of aromatic amines is 1. The molecule has 0 radical (unpaired) electrons. The van der Waals surface area contributed by atoms with E-state index in [1.165, 1.54) is 0 Å². The molecular formula is C3H3NO3. The molecule has 38 valence electrons. The Morgan fingerprint density at radius 2 is 2.57 bits per heavy atom. The van der Waals surface area contributed by atoms with E-state index in [4.69, 9.17) is 5.11 Å². The molecule has 0 atom stereocenters. The number of H-pyrrole nitrogens is 1. The molecule has 7 heavy (non-hydrogen) atoms. The third kappa shape index (κ3) is 0.489. The second-order valence-electron chi connectivity index (χ2n) is 1.05. The van der Waals surface area contributed by atoms with Crippen LogP contribution in [0.3, 0.4) is 0 Å². The molecular weight excluding hydrogens is 98.0 g/mol. The van der Waals surface area contributed by atoms with Crippen LogP contribution in [0.15, 0.2) is 15.6 Å². The Kier molecular flexibility index (Phi) is 0.651. The fourth-order valence-electron chi connectivity index (χ4n) is 0.245. The van der Waals surface area contributed by atoms with Crippen LogP contribution in [0.5, 0.6) is 5.75 Å². The van der Waals surface area contributed by atoms with E-state index in [2.05, 4.69) is 4.52 Å². The van der Waals surface area contributed by atoms with Crippen LogP contribution in [-0.4, -0.2) is 10.3 Å². The van der Waals surface area contributed by atoms with Crippen molar-refractivity contribution in [2.24, 2.45) is 0 Å². The Bertz CT molecular complexity index is 198. The Labute approximate surface area is 38.4 Å². The summed E-state index contributed by atoms with van der Waals surface area (Å²) < 4.78 is 4.16. The predicted molar refractivity (Wildman–Crippen MR) is 21.0 cm³/mol. The van der Waals surface area contributed by atoms with E-state index >= 15 is 0 Å². The second-order valence-corrected chi connectivity index (χ2v) is 1.05. The van der Waals surface area contributed by atoms with Crippen LogP contribution in [0.4, 0.5) is 0 Å². The van der Waals surface area contributed by atoms with Gasteiger partial charge in [-0.05, 0) is 0 Å². The van der Waals surface area contributed by atoms with Crippen LogP contribution in [0.25, 0.3) is 0 Å². The minimum atomic E-state index is -0.597. The Morgan fingerprint density at radius 3 is 2.71 bits per heavy atom. The standard InChI is InChI=1S/C3H3NO3/c5-2-1-7-4-3(2)6/h1,5H,(H,4,6). The molecule has 2 N–H and O–H groups in total. The van der Waals surface area contributed by atoms with Crippen molar-refractivity contribution in [3.63, 3.8) is 0 Å². The van der Waals surface area contributed by atoms with Crippen LogP contribution in [0.1, 0.15) is 0 Å². The molecule has 0 aliphatic rings. The number of hydrogen-bond donors (Lipinski definition) is 2. The van der Waals surface area contributed by atoms with Gasteiger partial charge in [-0.2, -0.15) is 5.16 Å². The Hall–Kier alpha value is -1.19. The number of nitrogens with one attached hydrogen (secondary N) is 1. The van der Waals surface area contributed by atoms with Gasteiger partial charge in [-0.3, -0.25) is 4.79 Å². The van der Waals surface area contributed by atoms with E-state index in [9.17, 15) is 4.79 Å². The molecule has 1 aromatic heterocycles. The lowest BCUT2D eigenvalue weighted by molar-refractivity contribution is 0.405. The molecule has 0 unspecified atom stereocenters. The summed E-state index contributed by atoms with van der Waals surface area (Å²) in [5.41, 5.74) is -0.597. The first-order valence-electron chi connectivity index (χ1n) is 1.66. The molecule has 0 saturated heterocycles. The summed E-state index contributed by atoms with van der Waals surface area (Å²) in [6.45, 7) is 0. The lowest BCUT2D eigenvalue weighted by atomic mass is 10.7. The molecule has 0 aromatic carbocycles. The monoisotopic (exact) mass is 101 g/mol. The molecule has 1 rings (SSSR count). The SMILES string of the molecule is O=c1[nH]occ1O. The fourth-order valence-corrected chi connectivity index (χ4v) is 0.245. The maximum absolute atomic E-state index is 10.0. The summed E-state index contributed by atoms with van der Waals surface area (Å²) in [7, 11) is 0. The van der Waals surface area contributed by atoms with Gasteiger partial charge in [-0.15, -0.1) is 0 Å². The van der Waals surface area contributed by atoms with Gasteiger partial charge in [-0.25, -0.2) is 0 Å². The van der Waals surface area contributed by atoms with Gasteiger partial charge in [0, 0.05) is 0 Å². The maximum atomic E-state index is 10.0. The topological polar surface area (TPSA) is 66.2 Å². The predicted octanol–water partition coefficient (Wildman–Crippen LogP) is -0.327. The van der Waals surface area contributed by atoms with E-state index in [1.807, 2.05) is 5.16 Å². The first-order valence-corrected chi connectivity index (χ1v) is 1.66. The van der Waals surface area contributed by atoms with Crippen molar-refractivity contribution in [2.45, 2.75) is 0 Å². The summed E-state index contributed by atoms with van der Waals surface area (Å²) in [5, 5.41) is 10.2. The molecule has 4 heteroatoms. The molecule has 0 amide bonds. The number of rotatable bonds is 0. The van der Waals surface area contributed by atoms with Gasteiger partial charge in [0.1, 0.15) is 0 Å². The highest BCUT2D eigenvalue weighted by Gasteiger charge is 1.92. The van der Waals surface area contributed by atoms with Crippen molar-refractivity contribution >= 4 is 0 Å². The Morgan fingerprint density at radius 1 is 1.86 bits per heavy atom. The average Bonchev–Trinajstić information content (AvgIpc) is 1.91. The van der Waals surface area contributed by atoms with Gasteiger partial charge < -0.3 is 9.63 Å². The molecule has 0 spiro atoms. The zero-order chi connectivity index (χ0) is 5.28. The zero-order valence-electron chi connectivity index (χ0n) is 3.34. The van der Waals surface area contributed by atoms with Gasteiger partial charge >= 0.3 is 5.56 Å². The molecule has 1 heterocycles. The minimum Gasteiger partial charge on any atom is -0.501 e. The number of hydrogen-bond acceptors (Lipinski definition) is 3. The average molecular weight is 101 g/mol. The summed E-state index contributed by atoms with van der Waals surface area (Å²) in [5.74, 6) is -0.389. The lowest BCUT2D eigenvalue weighted by Crippen LogP contribution is -1.94. The van der Waals surface area contributed by atoms with Gasteiger partial charge in [0.25, 0.3) is 0 Å². The first-order chi connectivity index (χ1) is 3.30. The van der Waals surface area contributed by atoms with Crippen LogP contribution < -0.4 is 5.56 Å². The van der Waals surface area contributed by atoms with Crippen molar-refractivity contribution < 1.29 is 9.63 Å². The van der Waals surface area contributed by atoms with Crippen LogP contribution in [0.2, 0.25) is 0 Å². The van der Waals surface area contributed by atoms with E-state index in [0.717, 1.165) is 6.26 Å². The van der Waals surface area contributed by atoms with Gasteiger partial charge in [0.2, 0.25) is 5.75 Å². The van der Waals surface area contributed by atoms with Gasteiger partial charge in [0.05, 0.1) is 0 Å². The second kappa shape index (κ2) is 1.14. The van der Waals surface area contributed by atoms with E-state index in [-0.39, 0.29) is 5.75 Å². The highest BCUT2D eigenvalue weighted by atomic mass is 16.5. The summed E-state index contributed by atoms with van der Waals surface area (Å²) >= 11 is 0. The number of aromatic hydroxyl groups is 1. The third-order valence-corrected chi connectivity index (χ3v) is 0.555. The van der Waals surface area contributed by atoms with E-state index in [0.29, 0.717) is 0 Å². The van der Waals surface area contributed by atoms with Crippen LogP contribution in [0, 0.1) is 0 Å². The summed E-state index contributed by atoms with van der Waals surface area (Å²) in [6, 6.07) is 0. The van der Waals surface area contributed by atoms with Gasteiger partial charge in [0.15, 0.2) is 6.26 Å². The van der Waals surface area contributed by atoms with Crippen LogP contribution in [-0.2, 0) is 0 Å². The number of aromatic nitrogens is 1. The molecule has 4 nitrogen and oxygen atoms in total. The zero-order valence-corrected chi connectivity index (χ0v) is 3.34. The fraction of sp³-hybridized carbons (Fsp3) is 0. The Balaban J connectivity index is 3.39. The van der Waals surface area contributed by atoms with Crippen molar-refractivity contribution in [3.8, 4) is 5.75 Å². The first kappa shape index (κ1) is 3.98. The summed E-state index contributed by atoms with van der Waals surface area (Å²) in [6.07, 6.45) is 0.933. The van der Waals surface area contributed by atoms with Crippen molar-refractivity contribution in [2.75, 3.05) is 0 Å². The van der Waals surface area contributed by atoms with Crippen molar-refractivity contribution in [1.82, 2.24) is 5.16 Å². The summed E-state index contributed by atoms with van der Waals surface area (Å²) in [4.78, 5) is 10.0. The normalized spacial score (nSPS) is 9.14. The molecule has 1 aromatic rings. The largest absolute Gasteiger partial charge is 0.501 e. The van der Waals surface area contributed by atoms with Gasteiger partial charge in [-0.1, -0.05) is 0 Å². The maximum Gasteiger partial charge on any atom is 0.322 e. The smallest absolute Gasteiger partial charge is 0.322 e. The molecule has 0 aliphatic carbocycles. The molecule has 0 saturated carbocycles. The lowest BCUT2D eigenvalue weighted by Gasteiger charge is -1.63. The third-order valence-electron chi connectivity index (χ3n) is 0.555.